The van der Waals surface area contributed by atoms with Gasteiger partial charge in [-0.25, -0.2) is 17.2 Å². The van der Waals surface area contributed by atoms with Gasteiger partial charge in [0, 0.05) is 31.6 Å². The first-order valence-corrected chi connectivity index (χ1v) is 7.72. The quantitative estimate of drug-likeness (QED) is 0.663. The second-order valence-corrected chi connectivity index (χ2v) is 6.94. The molecule has 0 radical (unpaired) electrons. The van der Waals surface area contributed by atoms with E-state index in [1.807, 2.05) is 0 Å². The molecule has 0 saturated carbocycles. The van der Waals surface area contributed by atoms with Crippen LogP contribution in [-0.2, 0) is 16.2 Å². The first kappa shape index (κ1) is 16.9. The van der Waals surface area contributed by atoms with Crippen LogP contribution in [0.3, 0.4) is 0 Å². The lowest BCUT2D eigenvalue weighted by atomic mass is 10.1. The van der Waals surface area contributed by atoms with Crippen LogP contribution in [0.2, 0.25) is 0 Å². The molecular formula is C12H13F5N2O2S. The van der Waals surface area contributed by atoms with Gasteiger partial charge in [0.1, 0.15) is 0 Å². The predicted octanol–water partition coefficient (Wildman–Crippen LogP) is 2.71. The summed E-state index contributed by atoms with van der Waals surface area (Å²) in [6.07, 6.45) is -6.12. The maximum atomic E-state index is 13.1. The predicted molar refractivity (Wildman–Crippen MR) is 68.8 cm³/mol. The number of benzene rings is 1. The first-order chi connectivity index (χ1) is 9.93. The number of anilines is 1. The summed E-state index contributed by atoms with van der Waals surface area (Å²) in [6, 6.07) is 2.21. The Balaban J connectivity index is 2.35. The molecule has 1 aliphatic heterocycles. The van der Waals surface area contributed by atoms with Gasteiger partial charge in [-0.15, -0.1) is 0 Å². The topological polar surface area (TPSA) is 63.4 Å². The highest BCUT2D eigenvalue weighted by Crippen LogP contribution is 2.36. The average Bonchev–Trinajstić information content (AvgIpc) is 2.37. The second-order valence-electron chi connectivity index (χ2n) is 5.01. The minimum Gasteiger partial charge on any atom is -0.398 e. The zero-order valence-electron chi connectivity index (χ0n) is 11.2. The van der Waals surface area contributed by atoms with Crippen LogP contribution in [0.1, 0.15) is 18.4 Å². The minimum absolute atomic E-state index is 0.428. The molecule has 0 aromatic heterocycles. The van der Waals surface area contributed by atoms with E-state index in [4.69, 9.17) is 5.73 Å². The second kappa shape index (κ2) is 5.34. The van der Waals surface area contributed by atoms with E-state index in [1.165, 1.54) is 0 Å². The molecule has 0 unspecified atom stereocenters. The minimum atomic E-state index is -4.80. The summed E-state index contributed by atoms with van der Waals surface area (Å²) >= 11 is 0. The number of sulfonamides is 1. The van der Waals surface area contributed by atoms with Crippen molar-refractivity contribution in [1.29, 1.82) is 0 Å². The number of halogens is 5. The highest BCUT2D eigenvalue weighted by molar-refractivity contribution is 7.89. The van der Waals surface area contributed by atoms with Crippen molar-refractivity contribution in [2.45, 2.75) is 29.8 Å². The molecule has 1 saturated heterocycles. The van der Waals surface area contributed by atoms with Crippen molar-refractivity contribution >= 4 is 15.7 Å². The first-order valence-electron chi connectivity index (χ1n) is 6.28. The van der Waals surface area contributed by atoms with Crippen molar-refractivity contribution in [2.24, 2.45) is 0 Å². The van der Waals surface area contributed by atoms with Crippen molar-refractivity contribution in [2.75, 3.05) is 18.8 Å². The molecule has 4 nitrogen and oxygen atoms in total. The van der Waals surface area contributed by atoms with Crippen molar-refractivity contribution < 1.29 is 30.4 Å². The van der Waals surface area contributed by atoms with Gasteiger partial charge < -0.3 is 5.73 Å². The number of nitrogen functional groups attached to an aromatic ring is 1. The standard InChI is InChI=1S/C12H13F5N2O2S/c13-11(14)3-5-19(6-4-11)22(20,21)8-1-2-10(18)9(7-8)12(15,16)17/h1-2,7H,3-6,18H2. The van der Waals surface area contributed by atoms with Crippen LogP contribution in [0.25, 0.3) is 0 Å². The molecule has 0 spiro atoms. The van der Waals surface area contributed by atoms with Gasteiger partial charge in [-0.1, -0.05) is 0 Å². The summed E-state index contributed by atoms with van der Waals surface area (Å²) < 4.78 is 89.7. The highest BCUT2D eigenvalue weighted by atomic mass is 32.2. The molecule has 1 fully saturated rings. The van der Waals surface area contributed by atoms with E-state index in [2.05, 4.69) is 0 Å². The number of alkyl halides is 5. The lowest BCUT2D eigenvalue weighted by molar-refractivity contribution is -0.137. The number of nitrogens with two attached hydrogens (primary N) is 1. The van der Waals surface area contributed by atoms with Crippen molar-refractivity contribution in [3.63, 3.8) is 0 Å². The van der Waals surface area contributed by atoms with Crippen LogP contribution >= 0.6 is 0 Å². The molecule has 2 rings (SSSR count). The van der Waals surface area contributed by atoms with Crippen LogP contribution in [0.4, 0.5) is 27.6 Å². The van der Waals surface area contributed by atoms with Crippen molar-refractivity contribution in [3.05, 3.63) is 23.8 Å². The fourth-order valence-corrected chi connectivity index (χ4v) is 3.61. The number of hydrogen-bond donors (Lipinski definition) is 1. The van der Waals surface area contributed by atoms with Crippen LogP contribution in [-0.4, -0.2) is 31.7 Å². The van der Waals surface area contributed by atoms with E-state index in [1.54, 1.807) is 0 Å². The average molecular weight is 344 g/mol. The summed E-state index contributed by atoms with van der Waals surface area (Å²) in [5.74, 6) is -2.95. The molecule has 2 N–H and O–H groups in total. The third kappa shape index (κ3) is 3.32. The summed E-state index contributed by atoms with van der Waals surface area (Å²) in [6.45, 7) is -0.887. The summed E-state index contributed by atoms with van der Waals surface area (Å²) in [7, 11) is -4.27. The van der Waals surface area contributed by atoms with Gasteiger partial charge in [0.15, 0.2) is 0 Å². The Morgan fingerprint density at radius 3 is 2.18 bits per heavy atom. The Morgan fingerprint density at radius 2 is 1.68 bits per heavy atom. The fourth-order valence-electron chi connectivity index (χ4n) is 2.14. The van der Waals surface area contributed by atoms with Gasteiger partial charge in [-0.05, 0) is 18.2 Å². The molecule has 1 heterocycles. The van der Waals surface area contributed by atoms with E-state index in [0.29, 0.717) is 6.07 Å². The van der Waals surface area contributed by atoms with E-state index in [9.17, 15) is 30.4 Å². The van der Waals surface area contributed by atoms with Gasteiger partial charge >= 0.3 is 6.18 Å². The third-order valence-corrected chi connectivity index (χ3v) is 5.32. The van der Waals surface area contributed by atoms with Gasteiger partial charge in [-0.2, -0.15) is 17.5 Å². The molecule has 124 valence electrons. The number of rotatable bonds is 2. The zero-order valence-corrected chi connectivity index (χ0v) is 12.0. The molecule has 22 heavy (non-hydrogen) atoms. The lowest BCUT2D eigenvalue weighted by Gasteiger charge is -2.31. The van der Waals surface area contributed by atoms with Crippen LogP contribution < -0.4 is 5.73 Å². The number of nitrogens with zero attached hydrogens (tertiary/aromatic N) is 1. The molecule has 10 heteroatoms. The Hall–Kier alpha value is -1.42. The van der Waals surface area contributed by atoms with E-state index in [-0.39, 0.29) is 0 Å². The van der Waals surface area contributed by atoms with Crippen LogP contribution in [0.5, 0.6) is 0 Å². The maximum Gasteiger partial charge on any atom is 0.418 e. The smallest absolute Gasteiger partial charge is 0.398 e. The maximum absolute atomic E-state index is 13.1. The summed E-state index contributed by atoms with van der Waals surface area (Å²) in [5.41, 5.74) is 3.34. The molecule has 1 aromatic carbocycles. The van der Waals surface area contributed by atoms with Crippen molar-refractivity contribution in [1.82, 2.24) is 4.31 Å². The normalized spacial score (nSPS) is 20.0. The highest BCUT2D eigenvalue weighted by Gasteiger charge is 2.40. The lowest BCUT2D eigenvalue weighted by Crippen LogP contribution is -2.42. The number of hydrogen-bond acceptors (Lipinski definition) is 3. The zero-order chi connectivity index (χ0) is 16.8. The van der Waals surface area contributed by atoms with E-state index in [0.717, 1.165) is 16.4 Å². The number of piperidine rings is 1. The van der Waals surface area contributed by atoms with Gasteiger partial charge in [0.25, 0.3) is 5.92 Å². The third-order valence-electron chi connectivity index (χ3n) is 3.42. The molecular weight excluding hydrogens is 331 g/mol. The Bertz CT molecular complexity index is 663. The largest absolute Gasteiger partial charge is 0.418 e. The molecule has 0 bridgehead atoms. The molecule has 0 amide bonds. The Morgan fingerprint density at radius 1 is 1.14 bits per heavy atom. The van der Waals surface area contributed by atoms with Gasteiger partial charge in [0.05, 0.1) is 10.5 Å². The summed E-state index contributed by atoms with van der Waals surface area (Å²) in [4.78, 5) is -0.612. The van der Waals surface area contributed by atoms with Gasteiger partial charge in [-0.3, -0.25) is 0 Å². The van der Waals surface area contributed by atoms with Crippen LogP contribution in [0.15, 0.2) is 23.1 Å². The molecule has 0 atom stereocenters. The van der Waals surface area contributed by atoms with Crippen LogP contribution in [0, 0.1) is 0 Å². The molecule has 1 aromatic rings. The SMILES string of the molecule is Nc1ccc(S(=O)(=O)N2CCC(F)(F)CC2)cc1C(F)(F)F. The van der Waals surface area contributed by atoms with Crippen molar-refractivity contribution in [3.8, 4) is 0 Å². The Labute approximate surface area is 123 Å². The van der Waals surface area contributed by atoms with E-state index < -0.39 is 64.2 Å². The molecule has 1 aliphatic rings. The fraction of sp³-hybridized carbons (Fsp3) is 0.500. The summed E-state index contributed by atoms with van der Waals surface area (Å²) in [5, 5.41) is 0. The molecule has 0 aliphatic carbocycles. The van der Waals surface area contributed by atoms with E-state index >= 15 is 0 Å². The Kier molecular flexibility index (Phi) is 4.11. The van der Waals surface area contributed by atoms with Gasteiger partial charge in [0.2, 0.25) is 10.0 Å². The monoisotopic (exact) mass is 344 g/mol.